The van der Waals surface area contributed by atoms with Crippen molar-refractivity contribution >= 4 is 11.4 Å². The van der Waals surface area contributed by atoms with Gasteiger partial charge in [-0.25, -0.2) is 0 Å². The Morgan fingerprint density at radius 3 is 2.65 bits per heavy atom. The SMILES string of the molecule is CNc1ccc(CNCC(C)(C)CCO)cc1[N+](=O)[O-]. The van der Waals surface area contributed by atoms with Crippen molar-refractivity contribution in [3.8, 4) is 0 Å². The molecule has 0 fully saturated rings. The second-order valence-electron chi connectivity index (χ2n) is 5.60. The van der Waals surface area contributed by atoms with E-state index in [1.165, 1.54) is 0 Å². The molecule has 20 heavy (non-hydrogen) atoms. The van der Waals surface area contributed by atoms with Crippen LogP contribution in [0.2, 0.25) is 0 Å². The number of hydrogen-bond acceptors (Lipinski definition) is 5. The van der Waals surface area contributed by atoms with Crippen LogP contribution in [0, 0.1) is 15.5 Å². The highest BCUT2D eigenvalue weighted by atomic mass is 16.6. The van der Waals surface area contributed by atoms with Gasteiger partial charge in [0.2, 0.25) is 0 Å². The summed E-state index contributed by atoms with van der Waals surface area (Å²) in [6, 6.07) is 5.16. The number of rotatable bonds is 8. The fraction of sp³-hybridized carbons (Fsp3) is 0.571. The van der Waals surface area contributed by atoms with Crippen molar-refractivity contribution in [1.29, 1.82) is 0 Å². The Morgan fingerprint density at radius 1 is 1.40 bits per heavy atom. The molecule has 3 N–H and O–H groups in total. The lowest BCUT2D eigenvalue weighted by molar-refractivity contribution is -0.384. The van der Waals surface area contributed by atoms with Crippen molar-refractivity contribution in [3.05, 3.63) is 33.9 Å². The molecule has 0 radical (unpaired) electrons. The minimum atomic E-state index is -0.384. The van der Waals surface area contributed by atoms with E-state index < -0.39 is 0 Å². The summed E-state index contributed by atoms with van der Waals surface area (Å²) in [5.74, 6) is 0. The van der Waals surface area contributed by atoms with E-state index in [9.17, 15) is 10.1 Å². The number of aliphatic hydroxyl groups excluding tert-OH is 1. The van der Waals surface area contributed by atoms with Crippen LogP contribution in [0.4, 0.5) is 11.4 Å². The van der Waals surface area contributed by atoms with Crippen LogP contribution in [0.25, 0.3) is 0 Å². The van der Waals surface area contributed by atoms with Gasteiger partial charge in [0.15, 0.2) is 0 Å². The molecule has 0 unspecified atom stereocenters. The molecule has 0 saturated heterocycles. The molecule has 0 aliphatic rings. The van der Waals surface area contributed by atoms with Gasteiger partial charge in [0.25, 0.3) is 5.69 Å². The summed E-state index contributed by atoms with van der Waals surface area (Å²) in [6.45, 7) is 5.62. The van der Waals surface area contributed by atoms with Crippen LogP contribution >= 0.6 is 0 Å². The van der Waals surface area contributed by atoms with E-state index in [-0.39, 0.29) is 22.6 Å². The number of aliphatic hydroxyl groups is 1. The number of hydrogen-bond donors (Lipinski definition) is 3. The Labute approximate surface area is 119 Å². The van der Waals surface area contributed by atoms with Gasteiger partial charge >= 0.3 is 0 Å². The average molecular weight is 281 g/mol. The van der Waals surface area contributed by atoms with Crippen LogP contribution < -0.4 is 10.6 Å². The predicted octanol–water partition coefficient (Wildman–Crippen LogP) is 2.13. The first-order chi connectivity index (χ1) is 9.39. The molecule has 1 rings (SSSR count). The van der Waals surface area contributed by atoms with Crippen molar-refractivity contribution in [3.63, 3.8) is 0 Å². The molecule has 0 amide bonds. The molecular weight excluding hydrogens is 258 g/mol. The summed E-state index contributed by atoms with van der Waals surface area (Å²) in [7, 11) is 1.66. The van der Waals surface area contributed by atoms with Crippen LogP contribution in [0.5, 0.6) is 0 Å². The summed E-state index contributed by atoms with van der Waals surface area (Å²) in [5.41, 5.74) is 1.47. The lowest BCUT2D eigenvalue weighted by Gasteiger charge is -2.24. The largest absolute Gasteiger partial charge is 0.396 e. The molecule has 112 valence electrons. The van der Waals surface area contributed by atoms with E-state index >= 15 is 0 Å². The van der Waals surface area contributed by atoms with Gasteiger partial charge in [0.1, 0.15) is 5.69 Å². The van der Waals surface area contributed by atoms with Crippen LogP contribution in [0.15, 0.2) is 18.2 Å². The summed E-state index contributed by atoms with van der Waals surface area (Å²) >= 11 is 0. The quantitative estimate of drug-likeness (QED) is 0.502. The first-order valence-corrected chi connectivity index (χ1v) is 6.66. The number of nitrogens with one attached hydrogen (secondary N) is 2. The molecule has 0 aliphatic heterocycles. The third-order valence-corrected chi connectivity index (χ3v) is 3.25. The molecule has 0 bridgehead atoms. The Hall–Kier alpha value is -1.66. The molecule has 0 heterocycles. The standard InChI is InChI=1S/C14H23N3O3/c1-14(2,6-7-18)10-16-9-11-4-5-12(15-3)13(8-11)17(19)20/h4-5,8,15-16,18H,6-7,9-10H2,1-3H3. The molecule has 1 aromatic carbocycles. The van der Waals surface area contributed by atoms with Crippen molar-refractivity contribution in [2.45, 2.75) is 26.8 Å². The Morgan fingerprint density at radius 2 is 2.10 bits per heavy atom. The van der Waals surface area contributed by atoms with Crippen LogP contribution in [0.1, 0.15) is 25.8 Å². The topological polar surface area (TPSA) is 87.4 Å². The number of nitro groups is 1. The Kier molecular flexibility index (Phi) is 5.91. The van der Waals surface area contributed by atoms with Crippen molar-refractivity contribution in [1.82, 2.24) is 5.32 Å². The van der Waals surface area contributed by atoms with Gasteiger partial charge in [-0.15, -0.1) is 0 Å². The smallest absolute Gasteiger partial charge is 0.292 e. The number of benzene rings is 1. The van der Waals surface area contributed by atoms with E-state index in [1.54, 1.807) is 19.2 Å². The van der Waals surface area contributed by atoms with Crippen molar-refractivity contribution < 1.29 is 10.0 Å². The van der Waals surface area contributed by atoms with Crippen molar-refractivity contribution in [2.24, 2.45) is 5.41 Å². The zero-order valence-electron chi connectivity index (χ0n) is 12.3. The number of nitrogens with zero attached hydrogens (tertiary/aromatic N) is 1. The molecule has 0 atom stereocenters. The van der Waals surface area contributed by atoms with E-state index in [4.69, 9.17) is 5.11 Å². The molecule has 0 saturated carbocycles. The zero-order chi connectivity index (χ0) is 15.2. The second kappa shape index (κ2) is 7.21. The lowest BCUT2D eigenvalue weighted by Crippen LogP contribution is -2.29. The summed E-state index contributed by atoms with van der Waals surface area (Å²) in [4.78, 5) is 10.6. The van der Waals surface area contributed by atoms with Crippen molar-refractivity contribution in [2.75, 3.05) is 25.5 Å². The first kappa shape index (κ1) is 16.4. The summed E-state index contributed by atoms with van der Waals surface area (Å²) in [6.07, 6.45) is 0.721. The number of anilines is 1. The molecule has 0 aromatic heterocycles. The van der Waals surface area contributed by atoms with Gasteiger partial charge in [-0.1, -0.05) is 19.9 Å². The van der Waals surface area contributed by atoms with Gasteiger partial charge in [0.05, 0.1) is 4.92 Å². The summed E-state index contributed by atoms with van der Waals surface area (Å²) in [5, 5.41) is 26.0. The number of nitro benzene ring substituents is 1. The van der Waals surface area contributed by atoms with E-state index in [2.05, 4.69) is 24.5 Å². The highest BCUT2D eigenvalue weighted by molar-refractivity contribution is 5.62. The predicted molar refractivity (Wildman–Crippen MR) is 79.8 cm³/mol. The second-order valence-corrected chi connectivity index (χ2v) is 5.60. The summed E-state index contributed by atoms with van der Waals surface area (Å²) < 4.78 is 0. The maximum Gasteiger partial charge on any atom is 0.292 e. The van der Waals surface area contributed by atoms with Gasteiger partial charge in [-0.05, 0) is 23.5 Å². The first-order valence-electron chi connectivity index (χ1n) is 6.66. The van der Waals surface area contributed by atoms with E-state index in [1.807, 2.05) is 6.07 Å². The monoisotopic (exact) mass is 281 g/mol. The van der Waals surface area contributed by atoms with E-state index in [0.717, 1.165) is 18.5 Å². The van der Waals surface area contributed by atoms with Gasteiger partial charge in [-0.2, -0.15) is 0 Å². The highest BCUT2D eigenvalue weighted by Gasteiger charge is 2.17. The van der Waals surface area contributed by atoms with Gasteiger partial charge < -0.3 is 15.7 Å². The van der Waals surface area contributed by atoms with Crippen LogP contribution in [0.3, 0.4) is 0 Å². The third kappa shape index (κ3) is 4.79. The highest BCUT2D eigenvalue weighted by Crippen LogP contribution is 2.25. The molecule has 6 nitrogen and oxygen atoms in total. The van der Waals surface area contributed by atoms with Crippen LogP contribution in [-0.4, -0.2) is 30.2 Å². The molecule has 0 spiro atoms. The zero-order valence-corrected chi connectivity index (χ0v) is 12.3. The Balaban J connectivity index is 2.65. The normalized spacial score (nSPS) is 11.4. The Bertz CT molecular complexity index is 461. The lowest BCUT2D eigenvalue weighted by atomic mass is 9.90. The fourth-order valence-electron chi connectivity index (χ4n) is 1.99. The molecule has 1 aromatic rings. The van der Waals surface area contributed by atoms with Gasteiger partial charge in [0, 0.05) is 32.8 Å². The third-order valence-electron chi connectivity index (χ3n) is 3.25. The van der Waals surface area contributed by atoms with Crippen LogP contribution in [-0.2, 0) is 6.54 Å². The molecule has 6 heteroatoms. The minimum absolute atomic E-state index is 0.00555. The molecule has 0 aliphatic carbocycles. The maximum absolute atomic E-state index is 11.0. The van der Waals surface area contributed by atoms with Gasteiger partial charge in [-0.3, -0.25) is 10.1 Å². The minimum Gasteiger partial charge on any atom is -0.396 e. The maximum atomic E-state index is 11.0. The fourth-order valence-corrected chi connectivity index (χ4v) is 1.99. The van der Waals surface area contributed by atoms with E-state index in [0.29, 0.717) is 12.2 Å². The molecular formula is C14H23N3O3. The average Bonchev–Trinajstić information content (AvgIpc) is 2.38.